The first-order valence-electron chi connectivity index (χ1n) is 18.6. The summed E-state index contributed by atoms with van der Waals surface area (Å²) in [6.07, 6.45) is 44.7. The summed E-state index contributed by atoms with van der Waals surface area (Å²) in [6.45, 7) is 4.99. The monoisotopic (exact) mass is 598 g/mol. The van der Waals surface area contributed by atoms with Gasteiger partial charge in [0.15, 0.2) is 0 Å². The lowest BCUT2D eigenvalue weighted by Crippen LogP contribution is -2.37. The van der Waals surface area contributed by atoms with Crippen molar-refractivity contribution in [3.05, 3.63) is 83.1 Å². The molecule has 5 rings (SSSR count). The van der Waals surface area contributed by atoms with Crippen molar-refractivity contribution < 1.29 is 0 Å². The first-order chi connectivity index (χ1) is 21.7. The van der Waals surface area contributed by atoms with Gasteiger partial charge >= 0.3 is 0 Å². The van der Waals surface area contributed by atoms with Crippen LogP contribution in [0.3, 0.4) is 0 Å². The van der Waals surface area contributed by atoms with Crippen LogP contribution in [0.2, 0.25) is 0 Å². The minimum atomic E-state index is 0.471. The van der Waals surface area contributed by atoms with Crippen LogP contribution in [-0.2, 0) is 0 Å². The maximum absolute atomic E-state index is 6.38. The third-order valence-electron chi connectivity index (χ3n) is 11.7. The van der Waals surface area contributed by atoms with E-state index in [9.17, 15) is 0 Å². The average Bonchev–Trinajstić information content (AvgIpc) is 3.08. The van der Waals surface area contributed by atoms with E-state index < -0.39 is 0 Å². The number of hydrogen-bond acceptors (Lipinski definition) is 3. The highest BCUT2D eigenvalue weighted by atomic mass is 14.9. The van der Waals surface area contributed by atoms with Crippen LogP contribution in [0.25, 0.3) is 0 Å². The minimum Gasteiger partial charge on any atom is -0.330 e. The van der Waals surface area contributed by atoms with Crippen LogP contribution >= 0.6 is 0 Å². The smallest absolute Gasteiger partial charge is 0.0253 e. The molecule has 0 amide bonds. The third-order valence-corrected chi connectivity index (χ3v) is 11.7. The lowest BCUT2D eigenvalue weighted by atomic mass is 9.63. The highest BCUT2D eigenvalue weighted by Gasteiger charge is 2.37. The van der Waals surface area contributed by atoms with E-state index in [1.54, 1.807) is 16.7 Å². The van der Waals surface area contributed by atoms with Crippen LogP contribution < -0.4 is 16.8 Å². The van der Waals surface area contributed by atoms with Crippen molar-refractivity contribution in [3.8, 4) is 0 Å². The van der Waals surface area contributed by atoms with Gasteiger partial charge in [-0.1, -0.05) is 117 Å². The molecule has 5 N–H and O–H groups in total. The first-order valence-corrected chi connectivity index (χ1v) is 18.6. The zero-order valence-electron chi connectivity index (χ0n) is 27.9. The second kappa shape index (κ2) is 17.7. The summed E-state index contributed by atoms with van der Waals surface area (Å²) in [4.78, 5) is 0. The molecule has 5 aliphatic rings. The van der Waals surface area contributed by atoms with Crippen molar-refractivity contribution in [3.63, 3.8) is 0 Å². The van der Waals surface area contributed by atoms with Crippen molar-refractivity contribution in [1.29, 1.82) is 0 Å². The summed E-state index contributed by atoms with van der Waals surface area (Å²) in [7, 11) is 0. The fourth-order valence-electron chi connectivity index (χ4n) is 9.35. The molecule has 0 saturated heterocycles. The maximum atomic E-state index is 6.38. The van der Waals surface area contributed by atoms with E-state index in [2.05, 4.69) is 73.0 Å². The number of rotatable bonds is 14. The Labute approximate surface area is 270 Å². The Morgan fingerprint density at radius 2 is 1.73 bits per heavy atom. The van der Waals surface area contributed by atoms with Gasteiger partial charge in [0.05, 0.1) is 0 Å². The van der Waals surface area contributed by atoms with Gasteiger partial charge in [-0.2, -0.15) is 0 Å². The molecule has 3 nitrogen and oxygen atoms in total. The van der Waals surface area contributed by atoms with Crippen molar-refractivity contribution in [2.45, 2.75) is 116 Å². The predicted octanol–water partition coefficient (Wildman–Crippen LogP) is 9.26. The van der Waals surface area contributed by atoms with E-state index in [1.165, 1.54) is 89.0 Å². The number of fused-ring (bicyclic) bond motifs is 2. The molecule has 3 heteroatoms. The molecule has 0 aliphatic heterocycles. The van der Waals surface area contributed by atoms with Crippen LogP contribution in [0, 0.1) is 35.5 Å². The van der Waals surface area contributed by atoms with Crippen LogP contribution in [0.15, 0.2) is 83.1 Å². The highest BCUT2D eigenvalue weighted by molar-refractivity contribution is 5.42. The Morgan fingerprint density at radius 1 is 0.864 bits per heavy atom. The molecule has 0 aromatic heterocycles. The Bertz CT molecular complexity index is 1110. The van der Waals surface area contributed by atoms with E-state index in [-0.39, 0.29) is 0 Å². The quantitative estimate of drug-likeness (QED) is 0.138. The molecule has 44 heavy (non-hydrogen) atoms. The molecular formula is C41H63N3. The van der Waals surface area contributed by atoms with Gasteiger partial charge in [0.1, 0.15) is 0 Å². The van der Waals surface area contributed by atoms with Crippen LogP contribution in [0.4, 0.5) is 0 Å². The van der Waals surface area contributed by atoms with Gasteiger partial charge in [-0.05, 0) is 112 Å². The summed E-state index contributed by atoms with van der Waals surface area (Å²) < 4.78 is 0. The Kier molecular flexibility index (Phi) is 13.4. The fourth-order valence-corrected chi connectivity index (χ4v) is 9.35. The molecule has 5 aliphatic carbocycles. The molecule has 7 unspecified atom stereocenters. The summed E-state index contributed by atoms with van der Waals surface area (Å²) in [6, 6.07) is 0.558. The molecule has 7 atom stereocenters. The van der Waals surface area contributed by atoms with Crippen LogP contribution in [0.5, 0.6) is 0 Å². The van der Waals surface area contributed by atoms with Gasteiger partial charge in [0.25, 0.3) is 0 Å². The van der Waals surface area contributed by atoms with Crippen LogP contribution in [-0.4, -0.2) is 25.7 Å². The van der Waals surface area contributed by atoms with Crippen molar-refractivity contribution in [1.82, 2.24) is 5.32 Å². The Hall–Kier alpha value is -1.94. The second-order valence-corrected chi connectivity index (χ2v) is 14.5. The standard InChI is InChI=1S/C41H63N3/c1-31(36-26-27-39(41-22-12-11-21-40(36)41)33(29-43)16-6-3-2-4-13-28-42)24-25-34(30-44-35-18-7-5-8-19-35)38-23-14-17-32-15-9-10-20-37(32)38/h2,4,7,11-12,16,18,21-22,25,31-32,35,37-39,41,44H,3,5-6,8-10,13-15,17,19-20,23-24,26-30,42-43H2,1H3/b4-2+,33-16+,34-25+. The molecule has 0 heterocycles. The van der Waals surface area contributed by atoms with Gasteiger partial charge in [0, 0.05) is 25.0 Å². The molecule has 0 bridgehead atoms. The summed E-state index contributed by atoms with van der Waals surface area (Å²) in [5.74, 6) is 4.28. The molecule has 0 spiro atoms. The molecule has 0 aromatic carbocycles. The van der Waals surface area contributed by atoms with E-state index in [1.807, 2.05) is 0 Å². The second-order valence-electron chi connectivity index (χ2n) is 14.5. The van der Waals surface area contributed by atoms with E-state index >= 15 is 0 Å². The van der Waals surface area contributed by atoms with E-state index in [4.69, 9.17) is 11.5 Å². The largest absolute Gasteiger partial charge is 0.330 e. The van der Waals surface area contributed by atoms with Gasteiger partial charge in [-0.3, -0.25) is 0 Å². The number of nitrogens with one attached hydrogen (secondary N) is 1. The van der Waals surface area contributed by atoms with Crippen LogP contribution in [0.1, 0.15) is 110 Å². The first kappa shape index (κ1) is 33.4. The summed E-state index contributed by atoms with van der Waals surface area (Å²) >= 11 is 0. The third kappa shape index (κ3) is 8.86. The minimum absolute atomic E-state index is 0.471. The van der Waals surface area contributed by atoms with Crippen molar-refractivity contribution in [2.75, 3.05) is 19.6 Å². The lowest BCUT2D eigenvalue weighted by molar-refractivity contribution is 0.122. The fraction of sp³-hybridized carbons (Fsp3) is 0.659. The van der Waals surface area contributed by atoms with Gasteiger partial charge in [-0.15, -0.1) is 0 Å². The molecule has 2 saturated carbocycles. The average molecular weight is 598 g/mol. The van der Waals surface area contributed by atoms with Crippen molar-refractivity contribution in [2.24, 2.45) is 47.0 Å². The topological polar surface area (TPSA) is 64.1 Å². The zero-order chi connectivity index (χ0) is 30.6. The number of nitrogens with two attached hydrogens (primary N) is 2. The summed E-state index contributed by atoms with van der Waals surface area (Å²) in [5.41, 5.74) is 18.5. The molecule has 0 radical (unpaired) electrons. The van der Waals surface area contributed by atoms with E-state index in [0.29, 0.717) is 30.3 Å². The Morgan fingerprint density at radius 3 is 2.57 bits per heavy atom. The molecule has 242 valence electrons. The highest BCUT2D eigenvalue weighted by Crippen LogP contribution is 2.47. The van der Waals surface area contributed by atoms with Crippen molar-refractivity contribution >= 4 is 0 Å². The normalized spacial score (nSPS) is 31.8. The number of unbranched alkanes of at least 4 members (excludes halogenated alkanes) is 1. The maximum Gasteiger partial charge on any atom is 0.0253 e. The van der Waals surface area contributed by atoms with Gasteiger partial charge < -0.3 is 16.8 Å². The van der Waals surface area contributed by atoms with E-state index in [0.717, 1.165) is 50.1 Å². The molecular weight excluding hydrogens is 534 g/mol. The lowest BCUT2D eigenvalue weighted by Gasteiger charge is -2.43. The predicted molar refractivity (Wildman–Crippen MR) is 190 cm³/mol. The number of allylic oxidation sites excluding steroid dienone is 10. The SMILES string of the molecule is CC(C/C=C(\CNC1C=CCCC1)C1CCCC2CCCCC21)C1=C2C=CC=CC2C(/C(=C/CC/C=C/CCN)CN)CC1. The zero-order valence-corrected chi connectivity index (χ0v) is 27.9. The molecule has 0 aromatic rings. The Balaban J connectivity index is 1.31. The van der Waals surface area contributed by atoms with Gasteiger partial charge in [-0.25, -0.2) is 0 Å². The summed E-state index contributed by atoms with van der Waals surface area (Å²) in [5, 5.41) is 4.00. The number of hydrogen-bond donors (Lipinski definition) is 3. The van der Waals surface area contributed by atoms with Gasteiger partial charge in [0.2, 0.25) is 0 Å². The molecule has 2 fully saturated rings.